The van der Waals surface area contributed by atoms with Crippen molar-refractivity contribution in [1.29, 1.82) is 0 Å². The molecule has 2 nitrogen and oxygen atoms in total. The second kappa shape index (κ2) is 4.29. The van der Waals surface area contributed by atoms with Crippen molar-refractivity contribution in [2.75, 3.05) is 0 Å². The molecule has 0 N–H and O–H groups in total. The minimum atomic E-state index is 0.0996. The van der Waals surface area contributed by atoms with Crippen molar-refractivity contribution in [3.05, 3.63) is 27.8 Å². The zero-order valence-electron chi connectivity index (χ0n) is 7.70. The number of benzene rings is 1. The fourth-order valence-corrected chi connectivity index (χ4v) is 1.95. The molecule has 0 heterocycles. The van der Waals surface area contributed by atoms with Gasteiger partial charge in [0, 0.05) is 16.4 Å². The molecule has 74 valence electrons. The van der Waals surface area contributed by atoms with Crippen LogP contribution in [0.5, 0.6) is 5.75 Å². The highest BCUT2D eigenvalue weighted by molar-refractivity contribution is 14.1. The smallest absolute Gasteiger partial charge is 0.136 e. The highest BCUT2D eigenvalue weighted by atomic mass is 127. The van der Waals surface area contributed by atoms with Gasteiger partial charge in [-0.25, -0.2) is 0 Å². The summed E-state index contributed by atoms with van der Waals surface area (Å²) in [6, 6.07) is 7.91. The van der Waals surface area contributed by atoms with E-state index in [2.05, 4.69) is 22.6 Å². The summed E-state index contributed by atoms with van der Waals surface area (Å²) in [5.74, 6) is 1.19. The van der Waals surface area contributed by atoms with Crippen molar-refractivity contribution >= 4 is 28.4 Å². The number of rotatable bonds is 2. The van der Waals surface area contributed by atoms with E-state index < -0.39 is 0 Å². The molecule has 14 heavy (non-hydrogen) atoms. The van der Waals surface area contributed by atoms with Crippen molar-refractivity contribution < 1.29 is 9.53 Å². The highest BCUT2D eigenvalue weighted by Gasteiger charge is 2.23. The van der Waals surface area contributed by atoms with Crippen LogP contribution in [0, 0.1) is 3.57 Å². The van der Waals surface area contributed by atoms with E-state index in [1.54, 1.807) is 0 Å². The number of hydrogen-bond acceptors (Lipinski definition) is 2. The summed E-state index contributed by atoms with van der Waals surface area (Å²) in [7, 11) is 0. The quantitative estimate of drug-likeness (QED) is 0.785. The van der Waals surface area contributed by atoms with Crippen molar-refractivity contribution in [1.82, 2.24) is 0 Å². The largest absolute Gasteiger partial charge is 0.490 e. The third kappa shape index (κ3) is 2.47. The van der Waals surface area contributed by atoms with Gasteiger partial charge in [0.1, 0.15) is 17.6 Å². The molecule has 0 aliphatic heterocycles. The van der Waals surface area contributed by atoms with Gasteiger partial charge < -0.3 is 4.74 Å². The maximum atomic E-state index is 11.0. The Hall–Kier alpha value is -0.580. The number of halogens is 1. The van der Waals surface area contributed by atoms with Crippen LogP contribution in [0.4, 0.5) is 0 Å². The molecular weight excluding hydrogens is 291 g/mol. The van der Waals surface area contributed by atoms with Gasteiger partial charge in [0.05, 0.1) is 0 Å². The first-order chi connectivity index (χ1) is 6.74. The number of Topliss-reactive ketones (excluding diaryl/α,β-unsaturated/α-hetero) is 1. The van der Waals surface area contributed by atoms with E-state index in [1.165, 1.54) is 3.57 Å². The summed E-state index contributed by atoms with van der Waals surface area (Å²) >= 11 is 2.25. The maximum Gasteiger partial charge on any atom is 0.136 e. The van der Waals surface area contributed by atoms with Crippen molar-refractivity contribution in [3.63, 3.8) is 0 Å². The molecule has 0 amide bonds. The normalized spacial score (nSPS) is 21.2. The average Bonchev–Trinajstić information content (AvgIpc) is 2.56. The summed E-state index contributed by atoms with van der Waals surface area (Å²) in [6.07, 6.45) is 2.22. The standard InChI is InChI=1S/C11H11IO2/c12-8-1-4-10(5-2-8)14-11-6-3-9(13)7-11/h1-2,4-5,11H,3,6-7H2. The van der Waals surface area contributed by atoms with E-state index in [-0.39, 0.29) is 6.10 Å². The zero-order chi connectivity index (χ0) is 9.97. The summed E-state index contributed by atoms with van der Waals surface area (Å²) in [5, 5.41) is 0. The Morgan fingerprint density at radius 2 is 2.00 bits per heavy atom. The molecule has 1 aromatic carbocycles. The first-order valence-electron chi connectivity index (χ1n) is 4.68. The molecule has 0 bridgehead atoms. The van der Waals surface area contributed by atoms with E-state index in [1.807, 2.05) is 24.3 Å². The van der Waals surface area contributed by atoms with Crippen LogP contribution in [-0.2, 0) is 4.79 Å². The lowest BCUT2D eigenvalue weighted by molar-refractivity contribution is -0.117. The third-order valence-corrected chi connectivity index (χ3v) is 3.04. The van der Waals surface area contributed by atoms with Gasteiger partial charge in [0.15, 0.2) is 0 Å². The minimum Gasteiger partial charge on any atom is -0.490 e. The maximum absolute atomic E-state index is 11.0. The van der Waals surface area contributed by atoms with Crippen molar-refractivity contribution in [3.8, 4) is 5.75 Å². The Kier molecular flexibility index (Phi) is 3.05. The van der Waals surface area contributed by atoms with Gasteiger partial charge in [-0.05, 0) is 53.3 Å². The lowest BCUT2D eigenvalue weighted by atomic mass is 10.3. The number of carbonyl (C=O) groups excluding carboxylic acids is 1. The van der Waals surface area contributed by atoms with Crippen LogP contribution in [0.1, 0.15) is 19.3 Å². The van der Waals surface area contributed by atoms with Gasteiger partial charge in [0.2, 0.25) is 0 Å². The second-order valence-electron chi connectivity index (χ2n) is 3.48. The molecule has 3 heteroatoms. The summed E-state index contributed by atoms with van der Waals surface area (Å²) < 4.78 is 6.87. The first kappa shape index (κ1) is 9.96. The first-order valence-corrected chi connectivity index (χ1v) is 5.76. The summed E-state index contributed by atoms with van der Waals surface area (Å²) in [5.41, 5.74) is 0. The lowest BCUT2D eigenvalue weighted by Crippen LogP contribution is -2.11. The van der Waals surface area contributed by atoms with Gasteiger partial charge in [-0.15, -0.1) is 0 Å². The Bertz CT molecular complexity index is 332. The Morgan fingerprint density at radius 3 is 2.57 bits per heavy atom. The molecule has 1 atom stereocenters. The molecule has 1 aliphatic carbocycles. The van der Waals surface area contributed by atoms with Crippen LogP contribution in [0.2, 0.25) is 0 Å². The lowest BCUT2D eigenvalue weighted by Gasteiger charge is -2.11. The van der Waals surface area contributed by atoms with Gasteiger partial charge in [-0.1, -0.05) is 0 Å². The zero-order valence-corrected chi connectivity index (χ0v) is 9.86. The predicted molar refractivity (Wildman–Crippen MR) is 62.4 cm³/mol. The SMILES string of the molecule is O=C1CCC(Oc2ccc(I)cc2)C1. The monoisotopic (exact) mass is 302 g/mol. The van der Waals surface area contributed by atoms with Gasteiger partial charge >= 0.3 is 0 Å². The summed E-state index contributed by atoms with van der Waals surface area (Å²) in [6.45, 7) is 0. The predicted octanol–water partition coefficient (Wildman–Crippen LogP) is 2.79. The number of ketones is 1. The minimum absolute atomic E-state index is 0.0996. The molecule has 1 fully saturated rings. The Labute approximate surface area is 96.8 Å². The molecule has 1 aliphatic rings. The van der Waals surface area contributed by atoms with E-state index >= 15 is 0 Å². The Morgan fingerprint density at radius 1 is 1.29 bits per heavy atom. The topological polar surface area (TPSA) is 26.3 Å². The molecule has 1 saturated carbocycles. The van der Waals surface area contributed by atoms with Gasteiger partial charge in [-0.3, -0.25) is 4.79 Å². The summed E-state index contributed by atoms with van der Waals surface area (Å²) in [4.78, 5) is 11.0. The van der Waals surface area contributed by atoms with Crippen molar-refractivity contribution in [2.45, 2.75) is 25.4 Å². The van der Waals surface area contributed by atoms with Gasteiger partial charge in [0.25, 0.3) is 0 Å². The van der Waals surface area contributed by atoms with Crippen LogP contribution in [0.3, 0.4) is 0 Å². The van der Waals surface area contributed by atoms with Crippen LogP contribution < -0.4 is 4.74 Å². The molecular formula is C11H11IO2. The number of hydrogen-bond donors (Lipinski definition) is 0. The third-order valence-electron chi connectivity index (χ3n) is 2.32. The highest BCUT2D eigenvalue weighted by Crippen LogP contribution is 2.22. The average molecular weight is 302 g/mol. The second-order valence-corrected chi connectivity index (χ2v) is 4.72. The molecule has 0 saturated heterocycles. The fourth-order valence-electron chi connectivity index (χ4n) is 1.59. The van der Waals surface area contributed by atoms with Crippen LogP contribution in [0.25, 0.3) is 0 Å². The van der Waals surface area contributed by atoms with E-state index in [0.29, 0.717) is 18.6 Å². The van der Waals surface area contributed by atoms with Crippen LogP contribution in [-0.4, -0.2) is 11.9 Å². The molecule has 1 unspecified atom stereocenters. The van der Waals surface area contributed by atoms with Crippen LogP contribution >= 0.6 is 22.6 Å². The van der Waals surface area contributed by atoms with E-state index in [4.69, 9.17) is 4.74 Å². The fraction of sp³-hybridized carbons (Fsp3) is 0.364. The van der Waals surface area contributed by atoms with Gasteiger partial charge in [-0.2, -0.15) is 0 Å². The molecule has 0 radical (unpaired) electrons. The number of carbonyl (C=O) groups is 1. The molecule has 1 aromatic rings. The van der Waals surface area contributed by atoms with Crippen molar-refractivity contribution in [2.24, 2.45) is 0 Å². The Balaban J connectivity index is 1.97. The van der Waals surface area contributed by atoms with E-state index in [9.17, 15) is 4.79 Å². The van der Waals surface area contributed by atoms with E-state index in [0.717, 1.165) is 12.2 Å². The molecule has 2 rings (SSSR count). The molecule has 0 spiro atoms. The van der Waals surface area contributed by atoms with Crippen LogP contribution in [0.15, 0.2) is 24.3 Å². The molecule has 0 aromatic heterocycles. The number of ether oxygens (including phenoxy) is 1.